The minimum absolute atomic E-state index is 0.224. The first-order valence-corrected chi connectivity index (χ1v) is 7.57. The van der Waals surface area contributed by atoms with Crippen molar-refractivity contribution in [3.8, 4) is 6.07 Å². The van der Waals surface area contributed by atoms with Crippen molar-refractivity contribution in [3.63, 3.8) is 0 Å². The average Bonchev–Trinajstić information content (AvgIpc) is 2.42. The molecular formula is C16H26N4O+2. The maximum absolute atomic E-state index is 9.61. The lowest BCUT2D eigenvalue weighted by molar-refractivity contribution is -0.380. The highest BCUT2D eigenvalue weighted by Gasteiger charge is 2.34. The Kier molecular flexibility index (Phi) is 4.50. The molecule has 5 N–H and O–H groups in total. The molecule has 1 aromatic heterocycles. The van der Waals surface area contributed by atoms with Crippen LogP contribution in [0.4, 0.5) is 5.82 Å². The van der Waals surface area contributed by atoms with Gasteiger partial charge in [-0.15, -0.1) is 0 Å². The Hall–Kier alpha value is -1.64. The van der Waals surface area contributed by atoms with Crippen LogP contribution in [-0.2, 0) is 17.8 Å². The van der Waals surface area contributed by atoms with E-state index in [1.54, 1.807) is 0 Å². The van der Waals surface area contributed by atoms with E-state index in [4.69, 9.17) is 4.74 Å². The number of aromatic amines is 1. The van der Waals surface area contributed by atoms with Crippen LogP contribution in [0, 0.1) is 11.3 Å². The van der Waals surface area contributed by atoms with Crippen LogP contribution in [-0.4, -0.2) is 18.7 Å². The number of pyridine rings is 1. The Balaban J connectivity index is 2.60. The lowest BCUT2D eigenvalue weighted by Gasteiger charge is -2.33. The number of nitrogens with zero attached hydrogens (tertiary/aromatic N) is 1. The highest BCUT2D eigenvalue weighted by atomic mass is 16.5. The van der Waals surface area contributed by atoms with E-state index in [0.29, 0.717) is 12.5 Å². The lowest BCUT2D eigenvalue weighted by Crippen LogP contribution is -2.53. The zero-order valence-corrected chi connectivity index (χ0v) is 13.5. The molecule has 0 bridgehead atoms. The van der Waals surface area contributed by atoms with E-state index in [9.17, 15) is 5.26 Å². The summed E-state index contributed by atoms with van der Waals surface area (Å²) < 4.78 is 5.94. The fourth-order valence-corrected chi connectivity index (χ4v) is 2.80. The van der Waals surface area contributed by atoms with Gasteiger partial charge in [-0.2, -0.15) is 5.26 Å². The summed E-state index contributed by atoms with van der Waals surface area (Å²) in [7, 11) is 0. The molecule has 0 radical (unpaired) electrons. The van der Waals surface area contributed by atoms with Gasteiger partial charge >= 0.3 is 0 Å². The van der Waals surface area contributed by atoms with Gasteiger partial charge in [-0.1, -0.05) is 13.8 Å². The van der Waals surface area contributed by atoms with Crippen molar-refractivity contribution in [3.05, 3.63) is 22.4 Å². The third-order valence-electron chi connectivity index (χ3n) is 3.88. The summed E-state index contributed by atoms with van der Waals surface area (Å²) in [6, 6.07) is 2.37. The van der Waals surface area contributed by atoms with Crippen LogP contribution in [0.5, 0.6) is 0 Å². The quantitative estimate of drug-likeness (QED) is 0.867. The molecule has 0 unspecified atom stereocenters. The van der Waals surface area contributed by atoms with E-state index < -0.39 is 0 Å². The molecule has 1 aliphatic rings. The van der Waals surface area contributed by atoms with E-state index in [-0.39, 0.29) is 5.60 Å². The number of aromatic nitrogens is 1. The average molecular weight is 290 g/mol. The third-order valence-corrected chi connectivity index (χ3v) is 3.88. The summed E-state index contributed by atoms with van der Waals surface area (Å²) >= 11 is 0. The third kappa shape index (κ3) is 3.17. The number of ether oxygens (including phenoxy) is 1. The van der Waals surface area contributed by atoms with Crippen LogP contribution < -0.4 is 16.0 Å². The molecule has 5 heteroatoms. The first-order chi connectivity index (χ1) is 9.89. The number of nitrogens with one attached hydrogen (secondary N) is 2. The lowest BCUT2D eigenvalue weighted by atomic mass is 9.86. The highest BCUT2D eigenvalue weighted by molar-refractivity contribution is 5.56. The summed E-state index contributed by atoms with van der Waals surface area (Å²) in [4.78, 5) is 3.41. The Morgan fingerprint density at radius 2 is 2.14 bits per heavy atom. The first kappa shape index (κ1) is 15.7. The fraction of sp³-hybridized carbons (Fsp3) is 0.625. The molecule has 2 heterocycles. The van der Waals surface area contributed by atoms with Gasteiger partial charge in [-0.05, 0) is 19.4 Å². The number of hydrogen-bond acceptors (Lipinski definition) is 3. The molecule has 114 valence electrons. The standard InChI is InChI=1S/C16H24N4O/c1-10(2)14-13-9-21-16(3,4)7-11(13)12(8-18)15(20-14)19-6-5-17/h10H,5-7,9,17H2,1-4H3,(H,19,20)/p+2. The number of nitriles is 1. The Bertz CT molecular complexity index is 573. The molecule has 21 heavy (non-hydrogen) atoms. The summed E-state index contributed by atoms with van der Waals surface area (Å²) in [6.45, 7) is 10.6. The van der Waals surface area contributed by atoms with Gasteiger partial charge < -0.3 is 10.5 Å². The monoisotopic (exact) mass is 290 g/mol. The summed E-state index contributed by atoms with van der Waals surface area (Å²) in [5, 5.41) is 12.9. The molecule has 5 nitrogen and oxygen atoms in total. The maximum atomic E-state index is 9.61. The highest BCUT2D eigenvalue weighted by Crippen LogP contribution is 2.34. The number of H-pyrrole nitrogens is 1. The van der Waals surface area contributed by atoms with Gasteiger partial charge in [0.05, 0.1) is 12.2 Å². The zero-order valence-electron chi connectivity index (χ0n) is 13.5. The SMILES string of the molecule is CC(C)c1[nH+]c(NCC[NH3+])c(C#N)c2c1COC(C)(C)C2. The van der Waals surface area contributed by atoms with E-state index in [1.807, 2.05) is 0 Å². The predicted molar refractivity (Wildman–Crippen MR) is 80.6 cm³/mol. The molecule has 0 amide bonds. The molecule has 0 aliphatic carbocycles. The fourth-order valence-electron chi connectivity index (χ4n) is 2.80. The summed E-state index contributed by atoms with van der Waals surface area (Å²) in [5.74, 6) is 1.18. The van der Waals surface area contributed by atoms with Gasteiger partial charge in [0.15, 0.2) is 0 Å². The molecule has 1 aliphatic heterocycles. The van der Waals surface area contributed by atoms with E-state index in [1.165, 1.54) is 0 Å². The Labute approximate surface area is 126 Å². The van der Waals surface area contributed by atoms with Gasteiger partial charge in [0.25, 0.3) is 5.82 Å². The molecular weight excluding hydrogens is 264 g/mol. The first-order valence-electron chi connectivity index (χ1n) is 7.57. The number of hydrogen-bond donors (Lipinski definition) is 2. The number of quaternary nitrogens is 1. The van der Waals surface area contributed by atoms with Crippen molar-refractivity contribution >= 4 is 5.82 Å². The summed E-state index contributed by atoms with van der Waals surface area (Å²) in [5.41, 5.74) is 7.78. The molecule has 0 saturated heterocycles. The van der Waals surface area contributed by atoms with Crippen LogP contribution in [0.2, 0.25) is 0 Å². The van der Waals surface area contributed by atoms with E-state index >= 15 is 0 Å². The van der Waals surface area contributed by atoms with Crippen LogP contribution >= 0.6 is 0 Å². The molecule has 0 atom stereocenters. The van der Waals surface area contributed by atoms with E-state index in [0.717, 1.165) is 47.7 Å². The van der Waals surface area contributed by atoms with Crippen molar-refractivity contribution < 1.29 is 15.5 Å². The molecule has 0 fully saturated rings. The second-order valence-electron chi connectivity index (χ2n) is 6.52. The van der Waals surface area contributed by atoms with Gasteiger partial charge in [-0.25, -0.2) is 4.98 Å². The minimum Gasteiger partial charge on any atom is -0.370 e. The summed E-state index contributed by atoms with van der Waals surface area (Å²) in [6.07, 6.45) is 0.763. The van der Waals surface area contributed by atoms with Crippen molar-refractivity contribution in [2.75, 3.05) is 18.4 Å². The van der Waals surface area contributed by atoms with E-state index in [2.05, 4.69) is 49.8 Å². The topological polar surface area (TPSA) is 86.8 Å². The van der Waals surface area contributed by atoms with Gasteiger partial charge in [0.1, 0.15) is 30.4 Å². The number of anilines is 1. The second-order valence-corrected chi connectivity index (χ2v) is 6.52. The zero-order chi connectivity index (χ0) is 15.6. The largest absolute Gasteiger partial charge is 0.370 e. The molecule has 0 saturated carbocycles. The molecule has 1 aromatic rings. The van der Waals surface area contributed by atoms with Gasteiger partial charge in [-0.3, -0.25) is 5.32 Å². The van der Waals surface area contributed by atoms with Crippen LogP contribution in [0.3, 0.4) is 0 Å². The van der Waals surface area contributed by atoms with Crippen molar-refractivity contribution in [2.45, 2.75) is 52.2 Å². The second kappa shape index (κ2) is 6.00. The van der Waals surface area contributed by atoms with Crippen molar-refractivity contribution in [1.82, 2.24) is 0 Å². The molecule has 0 aromatic carbocycles. The number of rotatable bonds is 4. The van der Waals surface area contributed by atoms with Crippen LogP contribution in [0.15, 0.2) is 0 Å². The Morgan fingerprint density at radius 3 is 2.71 bits per heavy atom. The molecule has 0 spiro atoms. The Morgan fingerprint density at radius 1 is 1.43 bits per heavy atom. The maximum Gasteiger partial charge on any atom is 0.291 e. The normalized spacial score (nSPS) is 16.4. The van der Waals surface area contributed by atoms with Crippen LogP contribution in [0.25, 0.3) is 0 Å². The predicted octanol–water partition coefficient (Wildman–Crippen LogP) is 1.00. The van der Waals surface area contributed by atoms with Crippen molar-refractivity contribution in [1.29, 1.82) is 5.26 Å². The van der Waals surface area contributed by atoms with Gasteiger partial charge in [0, 0.05) is 17.9 Å². The minimum atomic E-state index is -0.224. The smallest absolute Gasteiger partial charge is 0.291 e. The van der Waals surface area contributed by atoms with Crippen LogP contribution in [0.1, 0.15) is 56.0 Å². The van der Waals surface area contributed by atoms with Gasteiger partial charge in [0.2, 0.25) is 0 Å². The molecule has 2 rings (SSSR count). The number of fused-ring (bicyclic) bond motifs is 1. The van der Waals surface area contributed by atoms with Crippen molar-refractivity contribution in [2.24, 2.45) is 0 Å².